The predicted molar refractivity (Wildman–Crippen MR) is 128 cm³/mol. The third kappa shape index (κ3) is 5.09. The number of carbonyl (C=O) groups excluding carboxylic acids is 1. The average Bonchev–Trinajstić information content (AvgIpc) is 3.39. The standard InChI is InChI=1S/C22H22N6O2S2/c1-3-12-30-18-10-8-16(9-11-18)19(29)24-21(31)23-13-15-4-6-17(7-5-15)20-27-28-14(2)25-26-22(28)32-20/h4-11H,3,12-13H2,1-2H3,(H2,23,24,29,31). The van der Waals surface area contributed by atoms with E-state index in [4.69, 9.17) is 17.0 Å². The lowest BCUT2D eigenvalue weighted by Gasteiger charge is -2.10. The monoisotopic (exact) mass is 466 g/mol. The highest BCUT2D eigenvalue weighted by atomic mass is 32.1. The third-order valence-corrected chi connectivity index (χ3v) is 5.81. The Balaban J connectivity index is 1.29. The molecule has 164 valence electrons. The summed E-state index contributed by atoms with van der Waals surface area (Å²) in [4.78, 5) is 13.1. The highest BCUT2D eigenvalue weighted by Gasteiger charge is 2.11. The summed E-state index contributed by atoms with van der Waals surface area (Å²) in [6, 6.07) is 15.0. The molecule has 0 radical (unpaired) electrons. The third-order valence-electron chi connectivity index (χ3n) is 4.62. The molecule has 0 unspecified atom stereocenters. The molecule has 1 amide bonds. The van der Waals surface area contributed by atoms with Crippen molar-refractivity contribution in [3.63, 3.8) is 0 Å². The van der Waals surface area contributed by atoms with Crippen LogP contribution in [0.15, 0.2) is 48.5 Å². The van der Waals surface area contributed by atoms with Gasteiger partial charge in [0.25, 0.3) is 5.91 Å². The highest BCUT2D eigenvalue weighted by Crippen LogP contribution is 2.25. The Labute approximate surface area is 194 Å². The second kappa shape index (κ2) is 9.84. The maximum atomic E-state index is 12.4. The second-order valence-electron chi connectivity index (χ2n) is 7.06. The number of ether oxygens (including phenoxy) is 1. The van der Waals surface area contributed by atoms with Crippen LogP contribution < -0.4 is 15.4 Å². The molecule has 2 aromatic heterocycles. The van der Waals surface area contributed by atoms with Gasteiger partial charge in [-0.2, -0.15) is 9.61 Å². The molecular weight excluding hydrogens is 444 g/mol. The van der Waals surface area contributed by atoms with E-state index >= 15 is 0 Å². The molecule has 0 atom stereocenters. The van der Waals surface area contributed by atoms with Gasteiger partial charge in [0.15, 0.2) is 10.9 Å². The SMILES string of the molecule is CCCOc1ccc(C(=O)NC(=S)NCc2ccc(-c3nn4c(C)nnc4s3)cc2)cc1. The molecule has 0 saturated carbocycles. The van der Waals surface area contributed by atoms with Gasteiger partial charge in [0.2, 0.25) is 4.96 Å². The number of hydrogen-bond donors (Lipinski definition) is 2. The smallest absolute Gasteiger partial charge is 0.257 e. The van der Waals surface area contributed by atoms with Crippen LogP contribution in [0.3, 0.4) is 0 Å². The van der Waals surface area contributed by atoms with Gasteiger partial charge in [-0.05, 0) is 55.4 Å². The van der Waals surface area contributed by atoms with Crippen molar-refractivity contribution in [3.8, 4) is 16.3 Å². The van der Waals surface area contributed by atoms with Crippen LogP contribution in [0.1, 0.15) is 35.1 Å². The van der Waals surface area contributed by atoms with Gasteiger partial charge >= 0.3 is 0 Å². The molecule has 10 heteroatoms. The van der Waals surface area contributed by atoms with Gasteiger partial charge in [-0.1, -0.05) is 42.5 Å². The molecule has 32 heavy (non-hydrogen) atoms. The summed E-state index contributed by atoms with van der Waals surface area (Å²) in [6.07, 6.45) is 0.933. The van der Waals surface area contributed by atoms with Gasteiger partial charge in [0.1, 0.15) is 10.8 Å². The average molecular weight is 467 g/mol. The number of benzene rings is 2. The lowest BCUT2D eigenvalue weighted by atomic mass is 10.1. The molecule has 0 aliphatic carbocycles. The van der Waals surface area contributed by atoms with Crippen molar-refractivity contribution in [2.45, 2.75) is 26.8 Å². The first-order chi connectivity index (χ1) is 15.5. The molecule has 2 N–H and O–H groups in total. The number of aromatic nitrogens is 4. The minimum atomic E-state index is -0.265. The van der Waals surface area contributed by atoms with Gasteiger partial charge < -0.3 is 10.1 Å². The maximum Gasteiger partial charge on any atom is 0.257 e. The zero-order valence-electron chi connectivity index (χ0n) is 17.7. The Morgan fingerprint density at radius 3 is 2.56 bits per heavy atom. The van der Waals surface area contributed by atoms with E-state index < -0.39 is 0 Å². The van der Waals surface area contributed by atoms with E-state index in [1.54, 1.807) is 28.8 Å². The molecule has 0 aliphatic rings. The molecule has 0 spiro atoms. The normalized spacial score (nSPS) is 10.8. The van der Waals surface area contributed by atoms with E-state index in [9.17, 15) is 4.79 Å². The zero-order valence-corrected chi connectivity index (χ0v) is 19.3. The van der Waals surface area contributed by atoms with Crippen molar-refractivity contribution >= 4 is 39.5 Å². The van der Waals surface area contributed by atoms with E-state index in [-0.39, 0.29) is 11.0 Å². The number of aryl methyl sites for hydroxylation is 1. The van der Waals surface area contributed by atoms with Crippen LogP contribution in [0, 0.1) is 6.92 Å². The van der Waals surface area contributed by atoms with E-state index in [0.29, 0.717) is 18.7 Å². The topological polar surface area (TPSA) is 93.4 Å². The Bertz CT molecular complexity index is 1230. The van der Waals surface area contributed by atoms with Crippen LogP contribution in [-0.4, -0.2) is 37.4 Å². The molecule has 0 aliphatic heterocycles. The first-order valence-corrected chi connectivity index (χ1v) is 11.4. The summed E-state index contributed by atoms with van der Waals surface area (Å²) in [6.45, 7) is 5.06. The molecule has 0 bridgehead atoms. The number of nitrogens with one attached hydrogen (secondary N) is 2. The number of carbonyl (C=O) groups is 1. The number of hydrogen-bond acceptors (Lipinski definition) is 7. The van der Waals surface area contributed by atoms with E-state index in [1.807, 2.05) is 38.1 Å². The number of amides is 1. The molecule has 2 aromatic carbocycles. The van der Waals surface area contributed by atoms with Crippen LogP contribution >= 0.6 is 23.6 Å². The number of thiocarbonyl (C=S) groups is 1. The van der Waals surface area contributed by atoms with Crippen molar-refractivity contribution in [3.05, 3.63) is 65.5 Å². The summed E-state index contributed by atoms with van der Waals surface area (Å²) in [5, 5.41) is 19.6. The van der Waals surface area contributed by atoms with Gasteiger partial charge in [0.05, 0.1) is 6.61 Å². The quantitative estimate of drug-likeness (QED) is 0.401. The van der Waals surface area contributed by atoms with E-state index in [2.05, 4.69) is 25.9 Å². The number of nitrogens with zero attached hydrogens (tertiary/aromatic N) is 4. The van der Waals surface area contributed by atoms with Crippen molar-refractivity contribution in [1.29, 1.82) is 0 Å². The van der Waals surface area contributed by atoms with Crippen LogP contribution in [0.2, 0.25) is 0 Å². The predicted octanol–water partition coefficient (Wildman–Crippen LogP) is 3.75. The summed E-state index contributed by atoms with van der Waals surface area (Å²) >= 11 is 6.75. The van der Waals surface area contributed by atoms with Crippen molar-refractivity contribution in [2.75, 3.05) is 6.61 Å². The highest BCUT2D eigenvalue weighted by molar-refractivity contribution is 7.80. The molecule has 8 nitrogen and oxygen atoms in total. The van der Waals surface area contributed by atoms with E-state index in [1.165, 1.54) is 11.3 Å². The largest absolute Gasteiger partial charge is 0.494 e. The lowest BCUT2D eigenvalue weighted by molar-refractivity contribution is 0.0976. The number of rotatable bonds is 7. The maximum absolute atomic E-state index is 12.4. The van der Waals surface area contributed by atoms with Gasteiger partial charge in [-0.3, -0.25) is 10.1 Å². The fourth-order valence-corrected chi connectivity index (χ4v) is 3.98. The summed E-state index contributed by atoms with van der Waals surface area (Å²) in [5.41, 5.74) is 2.55. The molecule has 0 saturated heterocycles. The minimum absolute atomic E-state index is 0.265. The molecule has 4 rings (SSSR count). The molecule has 4 aromatic rings. The van der Waals surface area contributed by atoms with Crippen LogP contribution in [0.25, 0.3) is 15.5 Å². The van der Waals surface area contributed by atoms with Gasteiger partial charge in [0, 0.05) is 17.7 Å². The van der Waals surface area contributed by atoms with Crippen molar-refractivity contribution in [2.24, 2.45) is 0 Å². The summed E-state index contributed by atoms with van der Waals surface area (Å²) in [7, 11) is 0. The fraction of sp³-hybridized carbons (Fsp3) is 0.227. The lowest BCUT2D eigenvalue weighted by Crippen LogP contribution is -2.38. The van der Waals surface area contributed by atoms with Gasteiger partial charge in [-0.25, -0.2) is 0 Å². The minimum Gasteiger partial charge on any atom is -0.494 e. The first kappa shape index (κ1) is 21.8. The van der Waals surface area contributed by atoms with Crippen LogP contribution in [0.5, 0.6) is 5.75 Å². The van der Waals surface area contributed by atoms with E-state index in [0.717, 1.165) is 39.1 Å². The molecule has 0 fully saturated rings. The Kier molecular flexibility index (Phi) is 6.72. The van der Waals surface area contributed by atoms with Crippen molar-refractivity contribution < 1.29 is 9.53 Å². The Hall–Kier alpha value is -3.37. The molecular formula is C22H22N6O2S2. The zero-order chi connectivity index (χ0) is 22.5. The second-order valence-corrected chi connectivity index (χ2v) is 8.42. The fourth-order valence-electron chi connectivity index (χ4n) is 2.92. The Morgan fingerprint density at radius 2 is 1.88 bits per heavy atom. The van der Waals surface area contributed by atoms with Crippen LogP contribution in [0.4, 0.5) is 0 Å². The number of fused-ring (bicyclic) bond motifs is 1. The first-order valence-electron chi connectivity index (χ1n) is 10.1. The molecule has 2 heterocycles. The summed E-state index contributed by atoms with van der Waals surface area (Å²) < 4.78 is 7.27. The Morgan fingerprint density at radius 1 is 1.12 bits per heavy atom. The van der Waals surface area contributed by atoms with Crippen LogP contribution in [-0.2, 0) is 6.54 Å². The van der Waals surface area contributed by atoms with Crippen molar-refractivity contribution in [1.82, 2.24) is 30.4 Å². The van der Waals surface area contributed by atoms with Gasteiger partial charge in [-0.15, -0.1) is 10.2 Å². The summed E-state index contributed by atoms with van der Waals surface area (Å²) in [5.74, 6) is 1.24.